The van der Waals surface area contributed by atoms with Crippen LogP contribution in [0.15, 0.2) is 18.2 Å². The summed E-state index contributed by atoms with van der Waals surface area (Å²) in [6, 6.07) is 4.23. The van der Waals surface area contributed by atoms with Crippen molar-refractivity contribution in [3.63, 3.8) is 0 Å². The Morgan fingerprint density at radius 1 is 1.47 bits per heavy atom. The van der Waals surface area contributed by atoms with Crippen molar-refractivity contribution >= 4 is 11.6 Å². The van der Waals surface area contributed by atoms with E-state index in [0.717, 1.165) is 19.4 Å². The van der Waals surface area contributed by atoms with Gasteiger partial charge < -0.3 is 10.6 Å². The number of halogens is 1. The lowest BCUT2D eigenvalue weighted by molar-refractivity contribution is 0.0651. The van der Waals surface area contributed by atoms with Crippen LogP contribution in [0, 0.1) is 5.82 Å². The van der Waals surface area contributed by atoms with Crippen molar-refractivity contribution in [2.45, 2.75) is 32.2 Å². The molecule has 3 nitrogen and oxygen atoms in total. The first-order chi connectivity index (χ1) is 7.92. The number of carbonyl (C=O) groups is 1. The van der Waals surface area contributed by atoms with E-state index in [1.807, 2.05) is 13.8 Å². The lowest BCUT2D eigenvalue weighted by atomic mass is 10.0. The van der Waals surface area contributed by atoms with E-state index in [1.165, 1.54) is 12.1 Å². The van der Waals surface area contributed by atoms with Gasteiger partial charge in [-0.1, -0.05) is 0 Å². The molecule has 0 unspecified atom stereocenters. The molecule has 0 saturated carbocycles. The normalized spacial score (nSPS) is 18.4. The molecular weight excluding hydrogens is 219 g/mol. The molecule has 0 radical (unpaired) electrons. The number of amides is 1. The first kappa shape index (κ1) is 11.9. The lowest BCUT2D eigenvalue weighted by Crippen LogP contribution is -2.42. The van der Waals surface area contributed by atoms with Gasteiger partial charge in [-0.3, -0.25) is 4.79 Å². The fraction of sp³-hybridized carbons (Fsp3) is 0.462. The number of rotatable bonds is 1. The van der Waals surface area contributed by atoms with Gasteiger partial charge in [-0.05, 0) is 44.9 Å². The maximum atomic E-state index is 13.3. The molecule has 0 bridgehead atoms. The molecule has 1 aliphatic heterocycles. The Bertz CT molecular complexity index is 457. The van der Waals surface area contributed by atoms with Crippen LogP contribution in [0.25, 0.3) is 0 Å². The Kier molecular flexibility index (Phi) is 2.81. The second-order valence-corrected chi connectivity index (χ2v) is 5.11. The van der Waals surface area contributed by atoms with Crippen molar-refractivity contribution in [1.82, 2.24) is 4.90 Å². The van der Waals surface area contributed by atoms with Crippen LogP contribution in [0.3, 0.4) is 0 Å². The predicted molar refractivity (Wildman–Crippen MR) is 65.2 cm³/mol. The molecule has 0 aromatic heterocycles. The molecular formula is C13H17FN2O. The van der Waals surface area contributed by atoms with Crippen LogP contribution in [-0.4, -0.2) is 22.9 Å². The van der Waals surface area contributed by atoms with E-state index in [-0.39, 0.29) is 17.1 Å². The third-order valence-corrected chi connectivity index (χ3v) is 3.39. The molecule has 92 valence electrons. The summed E-state index contributed by atoms with van der Waals surface area (Å²) >= 11 is 0. The van der Waals surface area contributed by atoms with Gasteiger partial charge in [0.15, 0.2) is 0 Å². The highest BCUT2D eigenvalue weighted by atomic mass is 19.1. The lowest BCUT2D eigenvalue weighted by Gasteiger charge is -2.31. The number of hydrogen-bond donors (Lipinski definition) is 1. The average Bonchev–Trinajstić information content (AvgIpc) is 2.61. The van der Waals surface area contributed by atoms with Gasteiger partial charge in [-0.25, -0.2) is 4.39 Å². The van der Waals surface area contributed by atoms with Gasteiger partial charge in [-0.2, -0.15) is 0 Å². The van der Waals surface area contributed by atoms with Gasteiger partial charge in [0.25, 0.3) is 5.91 Å². The standard InChI is InChI=1S/C13H17FN2O/c1-13(2)6-3-7-16(13)12(17)9-4-5-11(15)10(14)8-9/h4-5,8H,3,6-7,15H2,1-2H3. The molecule has 1 aromatic rings. The molecule has 17 heavy (non-hydrogen) atoms. The first-order valence-corrected chi connectivity index (χ1v) is 5.79. The molecule has 0 spiro atoms. The quantitative estimate of drug-likeness (QED) is 0.761. The fourth-order valence-electron chi connectivity index (χ4n) is 2.30. The molecule has 1 aliphatic rings. The van der Waals surface area contributed by atoms with Crippen molar-refractivity contribution in [1.29, 1.82) is 0 Å². The number of benzene rings is 1. The molecule has 2 N–H and O–H groups in total. The summed E-state index contributed by atoms with van der Waals surface area (Å²) in [4.78, 5) is 14.0. The molecule has 0 aliphatic carbocycles. The van der Waals surface area contributed by atoms with E-state index >= 15 is 0 Å². The smallest absolute Gasteiger partial charge is 0.254 e. The van der Waals surface area contributed by atoms with Crippen molar-refractivity contribution in [3.8, 4) is 0 Å². The highest BCUT2D eigenvalue weighted by Crippen LogP contribution is 2.30. The summed E-state index contributed by atoms with van der Waals surface area (Å²) in [6.45, 7) is 4.80. The minimum Gasteiger partial charge on any atom is -0.396 e. The molecule has 4 heteroatoms. The molecule has 1 amide bonds. The number of likely N-dealkylation sites (tertiary alicyclic amines) is 1. The SMILES string of the molecule is CC1(C)CCCN1C(=O)c1ccc(N)c(F)c1. The number of nitrogens with two attached hydrogens (primary N) is 1. The zero-order valence-corrected chi connectivity index (χ0v) is 10.2. The van der Waals surface area contributed by atoms with E-state index in [1.54, 1.807) is 11.0 Å². The fourth-order valence-corrected chi connectivity index (χ4v) is 2.30. The topological polar surface area (TPSA) is 46.3 Å². The van der Waals surface area contributed by atoms with Crippen LogP contribution in [0.2, 0.25) is 0 Å². The zero-order valence-electron chi connectivity index (χ0n) is 10.2. The van der Waals surface area contributed by atoms with Crippen molar-refractivity contribution < 1.29 is 9.18 Å². The van der Waals surface area contributed by atoms with Crippen LogP contribution in [0.4, 0.5) is 10.1 Å². The van der Waals surface area contributed by atoms with Gasteiger partial charge in [0, 0.05) is 17.6 Å². The second kappa shape index (κ2) is 4.02. The third-order valence-electron chi connectivity index (χ3n) is 3.39. The highest BCUT2D eigenvalue weighted by molar-refractivity contribution is 5.95. The third kappa shape index (κ3) is 2.12. The summed E-state index contributed by atoms with van der Waals surface area (Å²) in [5, 5.41) is 0. The van der Waals surface area contributed by atoms with E-state index < -0.39 is 5.82 Å². The maximum absolute atomic E-state index is 13.3. The summed E-state index contributed by atoms with van der Waals surface area (Å²) in [6.07, 6.45) is 1.98. The summed E-state index contributed by atoms with van der Waals surface area (Å²) in [5.74, 6) is -0.653. The Labute approximate surface area is 100 Å². The average molecular weight is 236 g/mol. The largest absolute Gasteiger partial charge is 0.396 e. The second-order valence-electron chi connectivity index (χ2n) is 5.11. The van der Waals surface area contributed by atoms with Crippen LogP contribution in [0.5, 0.6) is 0 Å². The van der Waals surface area contributed by atoms with E-state index in [0.29, 0.717) is 5.56 Å². The summed E-state index contributed by atoms with van der Waals surface area (Å²) in [7, 11) is 0. The molecule has 1 fully saturated rings. The Balaban J connectivity index is 2.28. The zero-order chi connectivity index (χ0) is 12.6. The summed E-state index contributed by atoms with van der Waals surface area (Å²) < 4.78 is 13.3. The van der Waals surface area contributed by atoms with Gasteiger partial charge in [0.1, 0.15) is 5.82 Å². The Hall–Kier alpha value is -1.58. The maximum Gasteiger partial charge on any atom is 0.254 e. The van der Waals surface area contributed by atoms with Gasteiger partial charge in [0.2, 0.25) is 0 Å². The minimum absolute atomic E-state index is 0.0715. The summed E-state index contributed by atoms with van der Waals surface area (Å²) in [5.41, 5.74) is 5.69. The van der Waals surface area contributed by atoms with Crippen molar-refractivity contribution in [2.24, 2.45) is 0 Å². The number of nitrogen functional groups attached to an aromatic ring is 1. The number of carbonyl (C=O) groups excluding carboxylic acids is 1. The van der Waals surface area contributed by atoms with Crippen LogP contribution in [-0.2, 0) is 0 Å². The van der Waals surface area contributed by atoms with E-state index in [9.17, 15) is 9.18 Å². The van der Waals surface area contributed by atoms with Gasteiger partial charge in [0.05, 0.1) is 5.69 Å². The monoisotopic (exact) mass is 236 g/mol. The van der Waals surface area contributed by atoms with Crippen molar-refractivity contribution in [2.75, 3.05) is 12.3 Å². The van der Waals surface area contributed by atoms with Crippen LogP contribution < -0.4 is 5.73 Å². The molecule has 1 aromatic carbocycles. The molecule has 0 atom stereocenters. The Morgan fingerprint density at radius 2 is 2.18 bits per heavy atom. The Morgan fingerprint density at radius 3 is 2.71 bits per heavy atom. The number of nitrogens with zero attached hydrogens (tertiary/aromatic N) is 1. The van der Waals surface area contributed by atoms with Crippen molar-refractivity contribution in [3.05, 3.63) is 29.6 Å². The number of hydrogen-bond acceptors (Lipinski definition) is 2. The molecule has 1 heterocycles. The van der Waals surface area contributed by atoms with Crippen LogP contribution >= 0.6 is 0 Å². The van der Waals surface area contributed by atoms with Gasteiger partial charge in [-0.15, -0.1) is 0 Å². The van der Waals surface area contributed by atoms with Gasteiger partial charge >= 0.3 is 0 Å². The predicted octanol–water partition coefficient (Wildman–Crippen LogP) is 2.42. The van der Waals surface area contributed by atoms with Crippen LogP contribution in [0.1, 0.15) is 37.0 Å². The first-order valence-electron chi connectivity index (χ1n) is 5.79. The highest BCUT2D eigenvalue weighted by Gasteiger charge is 2.35. The molecule has 1 saturated heterocycles. The number of anilines is 1. The minimum atomic E-state index is -0.534. The van der Waals surface area contributed by atoms with E-state index in [4.69, 9.17) is 5.73 Å². The molecule has 2 rings (SSSR count). The van der Waals surface area contributed by atoms with E-state index in [2.05, 4.69) is 0 Å².